The first kappa shape index (κ1) is 11.9. The Bertz CT molecular complexity index is 421. The molecule has 5 heteroatoms. The van der Waals surface area contributed by atoms with E-state index in [1.807, 2.05) is 0 Å². The van der Waals surface area contributed by atoms with Crippen LogP contribution in [0.3, 0.4) is 0 Å². The molecular formula is C12H15FN2O2. The number of nitrogens with two attached hydrogens (primary N) is 1. The molecule has 1 aliphatic rings. The Morgan fingerprint density at radius 1 is 1.53 bits per heavy atom. The molecule has 1 fully saturated rings. The van der Waals surface area contributed by atoms with E-state index in [0.29, 0.717) is 18.7 Å². The number of hydrogen-bond acceptors (Lipinski definition) is 3. The van der Waals surface area contributed by atoms with Crippen LogP contribution in [0.25, 0.3) is 0 Å². The van der Waals surface area contributed by atoms with Crippen molar-refractivity contribution >= 4 is 11.6 Å². The number of rotatable bonds is 3. The van der Waals surface area contributed by atoms with E-state index in [1.165, 1.54) is 12.1 Å². The van der Waals surface area contributed by atoms with Crippen LogP contribution in [-0.2, 0) is 9.53 Å². The maximum absolute atomic E-state index is 12.8. The van der Waals surface area contributed by atoms with Crippen LogP contribution in [0.1, 0.15) is 13.3 Å². The van der Waals surface area contributed by atoms with Gasteiger partial charge in [-0.15, -0.1) is 0 Å². The second kappa shape index (κ2) is 4.33. The monoisotopic (exact) mass is 238 g/mol. The molecule has 1 aliphatic heterocycles. The van der Waals surface area contributed by atoms with E-state index < -0.39 is 11.4 Å². The molecule has 92 valence electrons. The Hall–Kier alpha value is -1.62. The number of benzene rings is 1. The predicted molar refractivity (Wildman–Crippen MR) is 62.0 cm³/mol. The highest BCUT2D eigenvalue weighted by atomic mass is 19.1. The summed E-state index contributed by atoms with van der Waals surface area (Å²) in [5, 5.41) is 3.06. The van der Waals surface area contributed by atoms with Crippen molar-refractivity contribution in [2.45, 2.75) is 25.0 Å². The molecule has 0 saturated carbocycles. The zero-order chi connectivity index (χ0) is 12.5. The van der Waals surface area contributed by atoms with E-state index in [1.54, 1.807) is 19.1 Å². The Balaban J connectivity index is 2.24. The lowest BCUT2D eigenvalue weighted by molar-refractivity contribution is -0.123. The third-order valence-electron chi connectivity index (χ3n) is 3.21. The lowest BCUT2D eigenvalue weighted by atomic mass is 9.90. The molecule has 0 aromatic heterocycles. The minimum atomic E-state index is -0.905. The van der Waals surface area contributed by atoms with Crippen LogP contribution in [-0.4, -0.2) is 24.2 Å². The molecule has 0 bridgehead atoms. The van der Waals surface area contributed by atoms with E-state index in [-0.39, 0.29) is 11.9 Å². The molecule has 1 saturated heterocycles. The minimum absolute atomic E-state index is 0.301. The number of carbonyl (C=O) groups excluding carboxylic acids is 1. The second-order valence-corrected chi connectivity index (χ2v) is 4.23. The van der Waals surface area contributed by atoms with Crippen LogP contribution in [0, 0.1) is 5.82 Å². The van der Waals surface area contributed by atoms with E-state index >= 15 is 0 Å². The quantitative estimate of drug-likeness (QED) is 0.833. The molecule has 17 heavy (non-hydrogen) atoms. The Labute approximate surface area is 98.9 Å². The smallest absolute Gasteiger partial charge is 0.245 e. The molecular weight excluding hydrogens is 223 g/mol. The van der Waals surface area contributed by atoms with Gasteiger partial charge in [0, 0.05) is 18.7 Å². The van der Waals surface area contributed by atoms with Crippen molar-refractivity contribution in [1.29, 1.82) is 0 Å². The molecule has 4 nitrogen and oxygen atoms in total. The van der Waals surface area contributed by atoms with Gasteiger partial charge in [0.1, 0.15) is 11.4 Å². The fourth-order valence-corrected chi connectivity index (χ4v) is 2.08. The summed E-state index contributed by atoms with van der Waals surface area (Å²) in [5.41, 5.74) is 5.20. The van der Waals surface area contributed by atoms with Crippen molar-refractivity contribution in [2.24, 2.45) is 5.73 Å². The first-order valence-electron chi connectivity index (χ1n) is 5.50. The van der Waals surface area contributed by atoms with Gasteiger partial charge in [0.25, 0.3) is 0 Å². The molecule has 0 spiro atoms. The number of ether oxygens (including phenoxy) is 1. The first-order chi connectivity index (χ1) is 8.04. The summed E-state index contributed by atoms with van der Waals surface area (Å²) < 4.78 is 18.2. The molecule has 1 heterocycles. The SMILES string of the molecule is CC1OCCC1(Nc1ccc(F)cc1)C(N)=O. The number of halogens is 1. The summed E-state index contributed by atoms with van der Waals surface area (Å²) >= 11 is 0. The normalized spacial score (nSPS) is 28.0. The average molecular weight is 238 g/mol. The number of primary amides is 1. The van der Waals surface area contributed by atoms with E-state index in [9.17, 15) is 9.18 Å². The highest BCUT2D eigenvalue weighted by molar-refractivity contribution is 5.89. The van der Waals surface area contributed by atoms with Gasteiger partial charge in [0.05, 0.1) is 6.10 Å². The van der Waals surface area contributed by atoms with Crippen LogP contribution in [0.5, 0.6) is 0 Å². The fourth-order valence-electron chi connectivity index (χ4n) is 2.08. The number of anilines is 1. The highest BCUT2D eigenvalue weighted by Gasteiger charge is 2.46. The third kappa shape index (κ3) is 2.10. The number of amides is 1. The summed E-state index contributed by atoms with van der Waals surface area (Å²) in [6.45, 7) is 2.28. The molecule has 1 aromatic carbocycles. The van der Waals surface area contributed by atoms with Crippen molar-refractivity contribution in [1.82, 2.24) is 0 Å². The molecule has 3 N–H and O–H groups in total. The van der Waals surface area contributed by atoms with Crippen molar-refractivity contribution in [3.05, 3.63) is 30.1 Å². The molecule has 2 atom stereocenters. The van der Waals surface area contributed by atoms with Gasteiger partial charge in [0.15, 0.2) is 0 Å². The van der Waals surface area contributed by atoms with Crippen molar-refractivity contribution in [3.8, 4) is 0 Å². The van der Waals surface area contributed by atoms with Gasteiger partial charge in [-0.3, -0.25) is 4.79 Å². The third-order valence-corrected chi connectivity index (χ3v) is 3.21. The lowest BCUT2D eigenvalue weighted by Crippen LogP contribution is -2.55. The Morgan fingerprint density at radius 3 is 2.65 bits per heavy atom. The topological polar surface area (TPSA) is 64.3 Å². The van der Waals surface area contributed by atoms with Crippen LogP contribution in [0.2, 0.25) is 0 Å². The number of carbonyl (C=O) groups is 1. The molecule has 2 unspecified atom stereocenters. The highest BCUT2D eigenvalue weighted by Crippen LogP contribution is 2.29. The van der Waals surface area contributed by atoms with Gasteiger partial charge >= 0.3 is 0 Å². The van der Waals surface area contributed by atoms with Crippen molar-refractivity contribution in [3.63, 3.8) is 0 Å². The predicted octanol–water partition coefficient (Wildman–Crippen LogP) is 1.27. The van der Waals surface area contributed by atoms with E-state index in [2.05, 4.69) is 5.32 Å². The van der Waals surface area contributed by atoms with Crippen molar-refractivity contribution < 1.29 is 13.9 Å². The summed E-state index contributed by atoms with van der Waals surface area (Å²) in [4.78, 5) is 11.6. The first-order valence-corrected chi connectivity index (χ1v) is 5.50. The van der Waals surface area contributed by atoms with Gasteiger partial charge in [-0.1, -0.05) is 0 Å². The molecule has 2 rings (SSSR count). The van der Waals surface area contributed by atoms with E-state index in [0.717, 1.165) is 0 Å². The van der Waals surface area contributed by atoms with Crippen LogP contribution < -0.4 is 11.1 Å². The summed E-state index contributed by atoms with van der Waals surface area (Å²) in [6, 6.07) is 5.81. The minimum Gasteiger partial charge on any atom is -0.375 e. The maximum atomic E-state index is 12.8. The van der Waals surface area contributed by atoms with Crippen LogP contribution >= 0.6 is 0 Å². The van der Waals surface area contributed by atoms with Crippen molar-refractivity contribution in [2.75, 3.05) is 11.9 Å². The van der Waals surface area contributed by atoms with Crippen LogP contribution in [0.4, 0.5) is 10.1 Å². The zero-order valence-corrected chi connectivity index (χ0v) is 9.57. The van der Waals surface area contributed by atoms with Crippen LogP contribution in [0.15, 0.2) is 24.3 Å². The largest absolute Gasteiger partial charge is 0.375 e. The van der Waals surface area contributed by atoms with E-state index in [4.69, 9.17) is 10.5 Å². The summed E-state index contributed by atoms with van der Waals surface area (Å²) in [6.07, 6.45) is 0.214. The number of hydrogen-bond donors (Lipinski definition) is 2. The van der Waals surface area contributed by atoms with Gasteiger partial charge in [-0.25, -0.2) is 4.39 Å². The van der Waals surface area contributed by atoms with Gasteiger partial charge < -0.3 is 15.8 Å². The maximum Gasteiger partial charge on any atom is 0.245 e. The Kier molecular flexibility index (Phi) is 3.02. The fraction of sp³-hybridized carbons (Fsp3) is 0.417. The number of nitrogens with one attached hydrogen (secondary N) is 1. The summed E-state index contributed by atoms with van der Waals surface area (Å²) in [5.74, 6) is -0.772. The van der Waals surface area contributed by atoms with Gasteiger partial charge in [-0.2, -0.15) is 0 Å². The van der Waals surface area contributed by atoms with Gasteiger partial charge in [-0.05, 0) is 31.2 Å². The second-order valence-electron chi connectivity index (χ2n) is 4.23. The standard InChI is InChI=1S/C12H15FN2O2/c1-8-12(11(14)16,6-7-17-8)15-10-4-2-9(13)3-5-10/h2-5,8,15H,6-7H2,1H3,(H2,14,16). The molecule has 1 aromatic rings. The molecule has 0 radical (unpaired) electrons. The summed E-state index contributed by atoms with van der Waals surface area (Å²) in [7, 11) is 0. The lowest BCUT2D eigenvalue weighted by Gasteiger charge is -2.30. The Morgan fingerprint density at radius 2 is 2.18 bits per heavy atom. The van der Waals surface area contributed by atoms with Gasteiger partial charge in [0.2, 0.25) is 5.91 Å². The zero-order valence-electron chi connectivity index (χ0n) is 9.57. The molecule has 0 aliphatic carbocycles. The average Bonchev–Trinajstić information content (AvgIpc) is 2.65. The molecule has 1 amide bonds.